The highest BCUT2D eigenvalue weighted by Crippen LogP contribution is 2.55. The van der Waals surface area contributed by atoms with E-state index in [0.29, 0.717) is 11.3 Å². The van der Waals surface area contributed by atoms with Crippen molar-refractivity contribution in [2.75, 3.05) is 5.32 Å². The number of amides is 1. The highest BCUT2D eigenvalue weighted by atomic mass is 31.2. The molecule has 0 fully saturated rings. The quantitative estimate of drug-likeness (QED) is 0.266. The minimum absolute atomic E-state index is 0.224. The van der Waals surface area contributed by atoms with E-state index in [1.165, 1.54) is 36.5 Å². The molecule has 0 atom stereocenters. The number of rotatable bonds is 9. The third kappa shape index (κ3) is 9.13. The lowest BCUT2D eigenvalue weighted by Gasteiger charge is -2.30. The van der Waals surface area contributed by atoms with Crippen molar-refractivity contribution in [2.24, 2.45) is 0 Å². The van der Waals surface area contributed by atoms with Crippen LogP contribution in [0, 0.1) is 19.7 Å². The number of carbonyl (C=O) groups is 1. The Hall–Kier alpha value is -3.30. The molecule has 3 aromatic rings. The van der Waals surface area contributed by atoms with Crippen molar-refractivity contribution in [3.63, 3.8) is 0 Å². The van der Waals surface area contributed by atoms with Crippen molar-refractivity contribution < 1.29 is 32.1 Å². The van der Waals surface area contributed by atoms with Crippen molar-refractivity contribution in [3.05, 3.63) is 87.6 Å². The van der Waals surface area contributed by atoms with E-state index < -0.39 is 43.0 Å². The van der Waals surface area contributed by atoms with Crippen LogP contribution in [0.5, 0.6) is 11.5 Å². The highest BCUT2D eigenvalue weighted by Gasteiger charge is 2.37. The first-order valence-corrected chi connectivity index (χ1v) is 14.1. The molecule has 0 aliphatic rings. The van der Waals surface area contributed by atoms with Gasteiger partial charge in [-0.1, -0.05) is 6.07 Å². The first kappa shape index (κ1) is 31.2. The van der Waals surface area contributed by atoms with Crippen LogP contribution >= 0.6 is 7.82 Å². The van der Waals surface area contributed by atoms with Crippen molar-refractivity contribution in [1.82, 2.24) is 4.57 Å². The number of anilines is 1. The van der Waals surface area contributed by atoms with Gasteiger partial charge in [-0.2, -0.15) is 0 Å². The number of phosphoric ester groups is 1. The number of halogens is 1. The van der Waals surface area contributed by atoms with Gasteiger partial charge in [0.2, 0.25) is 0 Å². The monoisotopic (exact) mass is 574 g/mol. The molecule has 2 aromatic carbocycles. The van der Waals surface area contributed by atoms with Gasteiger partial charge in [0.15, 0.2) is 0 Å². The predicted octanol–water partition coefficient (Wildman–Crippen LogP) is 7.36. The summed E-state index contributed by atoms with van der Waals surface area (Å²) >= 11 is 0. The SMILES string of the molecule is Cc1ccc(C(=O)Nc2ccn(COP(=O)(OC(C)(C)C)OC(C)(C)C)c(=O)c2)c(Oc2ccc(F)cc2C)c1. The minimum Gasteiger partial charge on any atom is -0.456 e. The number of aryl methyl sites for hydroxylation is 2. The van der Waals surface area contributed by atoms with Crippen molar-refractivity contribution in [2.45, 2.75) is 73.3 Å². The number of hydrogen-bond donors (Lipinski definition) is 1. The number of pyridine rings is 1. The van der Waals surface area contributed by atoms with Crippen LogP contribution in [-0.2, 0) is 24.9 Å². The summed E-state index contributed by atoms with van der Waals surface area (Å²) in [6.45, 7) is 13.4. The molecular weight excluding hydrogens is 538 g/mol. The standard InChI is InChI=1S/C29H36FN2O7P/c1-19-9-11-23(25(15-19)37-24-12-10-21(30)16-20(24)2)27(34)31-22-13-14-32(26(33)17-22)18-36-40(35,38-28(3,4)5)39-29(6,7)8/h9-17H,18H2,1-8H3,(H,31,34). The second kappa shape index (κ2) is 12.1. The Labute approximate surface area is 233 Å². The number of benzene rings is 2. The molecule has 0 aliphatic heterocycles. The zero-order valence-corrected chi connectivity index (χ0v) is 24.9. The van der Waals surface area contributed by atoms with Gasteiger partial charge in [0, 0.05) is 18.0 Å². The molecule has 3 rings (SSSR count). The zero-order chi connectivity index (χ0) is 29.9. The lowest BCUT2D eigenvalue weighted by molar-refractivity contribution is -0.00651. The van der Waals surface area contributed by atoms with Gasteiger partial charge in [-0.25, -0.2) is 8.96 Å². The molecule has 1 aromatic heterocycles. The highest BCUT2D eigenvalue weighted by molar-refractivity contribution is 7.48. The van der Waals surface area contributed by atoms with Crippen LogP contribution in [0.25, 0.3) is 0 Å². The van der Waals surface area contributed by atoms with Gasteiger partial charge in [0.1, 0.15) is 24.0 Å². The Morgan fingerprint density at radius 2 is 1.57 bits per heavy atom. The zero-order valence-electron chi connectivity index (χ0n) is 24.0. The van der Waals surface area contributed by atoms with Crippen LogP contribution in [-0.4, -0.2) is 21.7 Å². The van der Waals surface area contributed by atoms with Gasteiger partial charge in [-0.15, -0.1) is 0 Å². The molecule has 0 radical (unpaired) electrons. The van der Waals surface area contributed by atoms with Gasteiger partial charge in [0.05, 0.1) is 16.8 Å². The summed E-state index contributed by atoms with van der Waals surface area (Å²) in [7, 11) is -4.03. The summed E-state index contributed by atoms with van der Waals surface area (Å²) < 4.78 is 50.5. The Kier molecular flexibility index (Phi) is 9.42. The molecule has 216 valence electrons. The van der Waals surface area contributed by atoms with E-state index in [9.17, 15) is 18.5 Å². The maximum Gasteiger partial charge on any atom is 0.477 e. The maximum absolute atomic E-state index is 13.5. The molecular formula is C29H36FN2O7P. The molecule has 0 bridgehead atoms. The molecule has 0 spiro atoms. The van der Waals surface area contributed by atoms with E-state index in [1.807, 2.05) is 6.92 Å². The van der Waals surface area contributed by atoms with Gasteiger partial charge < -0.3 is 10.1 Å². The third-order valence-electron chi connectivity index (χ3n) is 5.12. The van der Waals surface area contributed by atoms with E-state index in [2.05, 4.69) is 5.32 Å². The lowest BCUT2D eigenvalue weighted by Crippen LogP contribution is -2.26. The third-order valence-corrected chi connectivity index (χ3v) is 7.09. The first-order chi connectivity index (χ1) is 18.4. The second-order valence-corrected chi connectivity index (χ2v) is 12.8. The van der Waals surface area contributed by atoms with Crippen LogP contribution in [0.3, 0.4) is 0 Å². The largest absolute Gasteiger partial charge is 0.477 e. The molecule has 9 nitrogen and oxygen atoms in total. The predicted molar refractivity (Wildman–Crippen MR) is 151 cm³/mol. The maximum atomic E-state index is 13.5. The van der Waals surface area contributed by atoms with E-state index in [-0.39, 0.29) is 17.0 Å². The number of hydrogen-bond acceptors (Lipinski definition) is 7. The normalized spacial score (nSPS) is 12.3. The molecule has 40 heavy (non-hydrogen) atoms. The van der Waals surface area contributed by atoms with Crippen LogP contribution < -0.4 is 15.6 Å². The molecule has 0 unspecified atom stereocenters. The lowest BCUT2D eigenvalue weighted by atomic mass is 10.1. The van der Waals surface area contributed by atoms with E-state index in [0.717, 1.165) is 10.1 Å². The fourth-order valence-electron chi connectivity index (χ4n) is 3.51. The van der Waals surface area contributed by atoms with Crippen LogP contribution in [0.1, 0.15) is 63.0 Å². The summed E-state index contributed by atoms with van der Waals surface area (Å²) in [5.74, 6) is -0.211. The second-order valence-electron chi connectivity index (χ2n) is 11.3. The van der Waals surface area contributed by atoms with E-state index in [1.54, 1.807) is 66.7 Å². The van der Waals surface area contributed by atoms with Gasteiger partial charge in [0.25, 0.3) is 11.5 Å². The summed E-state index contributed by atoms with van der Waals surface area (Å²) in [4.78, 5) is 25.9. The van der Waals surface area contributed by atoms with Crippen molar-refractivity contribution >= 4 is 19.4 Å². The molecule has 11 heteroatoms. The summed E-state index contributed by atoms with van der Waals surface area (Å²) in [5, 5.41) is 2.69. The Bertz CT molecular complexity index is 1470. The molecule has 0 saturated carbocycles. The average molecular weight is 575 g/mol. The van der Waals surface area contributed by atoms with Gasteiger partial charge in [-0.3, -0.25) is 27.7 Å². The molecule has 1 amide bonds. The van der Waals surface area contributed by atoms with Gasteiger partial charge >= 0.3 is 7.82 Å². The number of nitrogens with one attached hydrogen (secondary N) is 1. The van der Waals surface area contributed by atoms with Gasteiger partial charge in [-0.05, 0) is 103 Å². The van der Waals surface area contributed by atoms with Crippen molar-refractivity contribution in [3.8, 4) is 11.5 Å². The first-order valence-electron chi connectivity index (χ1n) is 12.7. The summed E-state index contributed by atoms with van der Waals surface area (Å²) in [5.41, 5.74) is -0.279. The fourth-order valence-corrected chi connectivity index (χ4v) is 5.26. The molecule has 0 saturated heterocycles. The number of aromatic nitrogens is 1. The minimum atomic E-state index is -4.03. The van der Waals surface area contributed by atoms with E-state index in [4.69, 9.17) is 18.3 Å². The number of ether oxygens (including phenoxy) is 1. The smallest absolute Gasteiger partial charge is 0.456 e. The average Bonchev–Trinajstić information content (AvgIpc) is 2.78. The number of phosphoric acid groups is 1. The fraction of sp³-hybridized carbons (Fsp3) is 0.379. The molecule has 0 aliphatic carbocycles. The van der Waals surface area contributed by atoms with E-state index >= 15 is 0 Å². The Balaban J connectivity index is 1.77. The van der Waals surface area contributed by atoms with Crippen LogP contribution in [0.15, 0.2) is 59.5 Å². The molecule has 1 heterocycles. The van der Waals surface area contributed by atoms with Crippen molar-refractivity contribution in [1.29, 1.82) is 0 Å². The Morgan fingerprint density at radius 1 is 0.925 bits per heavy atom. The van der Waals surface area contributed by atoms with Crippen LogP contribution in [0.4, 0.5) is 10.1 Å². The Morgan fingerprint density at radius 3 is 2.15 bits per heavy atom. The number of nitrogens with zero attached hydrogens (tertiary/aromatic N) is 1. The summed E-state index contributed by atoms with van der Waals surface area (Å²) in [6.07, 6.45) is 1.39. The molecule has 1 N–H and O–H groups in total. The number of carbonyl (C=O) groups excluding carboxylic acids is 1. The summed E-state index contributed by atoms with van der Waals surface area (Å²) in [6, 6.07) is 11.9. The van der Waals surface area contributed by atoms with Crippen LogP contribution in [0.2, 0.25) is 0 Å². The topological polar surface area (TPSA) is 105 Å².